The van der Waals surface area contributed by atoms with Crippen molar-refractivity contribution in [2.75, 3.05) is 6.54 Å². The summed E-state index contributed by atoms with van der Waals surface area (Å²) in [7, 11) is 0. The summed E-state index contributed by atoms with van der Waals surface area (Å²) < 4.78 is 1.45. The third-order valence-electron chi connectivity index (χ3n) is 7.39. The number of likely N-dealkylation sites (tertiary alicyclic amines) is 1. The molecule has 4 rings (SSSR count). The predicted octanol–water partition coefficient (Wildman–Crippen LogP) is 2.24. The molecule has 0 saturated carbocycles. The molecule has 1 saturated heterocycles. The van der Waals surface area contributed by atoms with Gasteiger partial charge in [-0.2, -0.15) is 0 Å². The minimum atomic E-state index is -0.817. The molecule has 0 aliphatic carbocycles. The number of benzene rings is 2. The summed E-state index contributed by atoms with van der Waals surface area (Å²) >= 11 is 0. The number of amides is 3. The van der Waals surface area contributed by atoms with E-state index in [1.807, 2.05) is 50.2 Å². The fraction of sp³-hybridized carbons (Fsp3) is 0.433. The van der Waals surface area contributed by atoms with Crippen LogP contribution in [0, 0.1) is 6.92 Å². The van der Waals surface area contributed by atoms with Gasteiger partial charge in [-0.25, -0.2) is 4.68 Å². The van der Waals surface area contributed by atoms with Gasteiger partial charge in [-0.1, -0.05) is 55.0 Å². The number of aromatic nitrogens is 4. The molecule has 11 heteroatoms. The largest absolute Gasteiger partial charge is 0.344 e. The minimum absolute atomic E-state index is 0.0853. The monoisotopic (exact) mass is 559 g/mol. The van der Waals surface area contributed by atoms with Crippen molar-refractivity contribution >= 4 is 23.5 Å². The van der Waals surface area contributed by atoms with Crippen LogP contribution >= 0.6 is 0 Å². The lowest BCUT2D eigenvalue weighted by molar-refractivity contribution is -0.141. The summed E-state index contributed by atoms with van der Waals surface area (Å²) in [4.78, 5) is 54.2. The first-order valence-corrected chi connectivity index (χ1v) is 14.1. The molecule has 3 aromatic rings. The Labute approximate surface area is 239 Å². The summed E-state index contributed by atoms with van der Waals surface area (Å²) in [5.74, 6) is -0.736. The lowest BCUT2D eigenvalue weighted by Crippen LogP contribution is -2.56. The zero-order valence-corrected chi connectivity index (χ0v) is 23.7. The molecule has 2 N–H and O–H groups in total. The van der Waals surface area contributed by atoms with E-state index in [-0.39, 0.29) is 24.1 Å². The summed E-state index contributed by atoms with van der Waals surface area (Å²) in [6.45, 7) is 5.66. The van der Waals surface area contributed by atoms with Gasteiger partial charge in [0.25, 0.3) is 5.91 Å². The van der Waals surface area contributed by atoms with E-state index < -0.39 is 24.0 Å². The van der Waals surface area contributed by atoms with Gasteiger partial charge < -0.3 is 15.5 Å². The van der Waals surface area contributed by atoms with E-state index in [4.69, 9.17) is 0 Å². The molecule has 0 spiro atoms. The summed E-state index contributed by atoms with van der Waals surface area (Å²) in [5, 5.41) is 17.4. The van der Waals surface area contributed by atoms with Crippen molar-refractivity contribution in [3.63, 3.8) is 0 Å². The molecule has 3 amide bonds. The number of hydrogen-bond acceptors (Lipinski definition) is 7. The highest BCUT2D eigenvalue weighted by Crippen LogP contribution is 2.17. The van der Waals surface area contributed by atoms with Crippen LogP contribution in [-0.4, -0.2) is 73.3 Å². The standard InChI is InChI=1S/C30H37N7O4/c1-4-24(26(38)19-37-27(33-34-35-37)18-22-12-6-5-7-13-22)31-28(39)21(3)36-16-9-8-15-25(30(36)41)32-29(40)23-14-10-11-20(2)17-23/h5-7,10-14,17,21,24-25H,4,8-9,15-16,18-19H2,1-3H3,(H,31,39)(H,32,40)/t21?,24?,25-/m0/s1. The fourth-order valence-corrected chi connectivity index (χ4v) is 4.96. The maximum Gasteiger partial charge on any atom is 0.251 e. The van der Waals surface area contributed by atoms with Gasteiger partial charge in [0.15, 0.2) is 11.6 Å². The van der Waals surface area contributed by atoms with Crippen LogP contribution in [0.25, 0.3) is 0 Å². The van der Waals surface area contributed by atoms with Crippen molar-refractivity contribution in [2.24, 2.45) is 0 Å². The van der Waals surface area contributed by atoms with Gasteiger partial charge in [0.2, 0.25) is 11.8 Å². The topological polar surface area (TPSA) is 139 Å². The lowest BCUT2D eigenvalue weighted by Gasteiger charge is -2.30. The maximum atomic E-state index is 13.5. The molecule has 0 radical (unpaired) electrons. The maximum absolute atomic E-state index is 13.5. The summed E-state index contributed by atoms with van der Waals surface area (Å²) in [6.07, 6.45) is 2.79. The first kappa shape index (κ1) is 29.6. The SMILES string of the molecule is CCC(NC(=O)C(C)N1CCCC[C@H](NC(=O)c2cccc(C)c2)C1=O)C(=O)Cn1nnnc1Cc1ccccc1. The average Bonchev–Trinajstić information content (AvgIpc) is 3.32. The first-order chi connectivity index (χ1) is 19.8. The number of rotatable bonds is 11. The predicted molar refractivity (Wildman–Crippen MR) is 152 cm³/mol. The molecule has 1 aromatic heterocycles. The molecule has 3 atom stereocenters. The molecular weight excluding hydrogens is 522 g/mol. The molecule has 1 aliphatic rings. The summed E-state index contributed by atoms with van der Waals surface area (Å²) in [6, 6.07) is 14.6. The van der Waals surface area contributed by atoms with Crippen molar-refractivity contribution in [1.29, 1.82) is 0 Å². The van der Waals surface area contributed by atoms with Crippen molar-refractivity contribution in [1.82, 2.24) is 35.7 Å². The molecule has 216 valence electrons. The number of nitrogens with zero attached hydrogens (tertiary/aromatic N) is 5. The van der Waals surface area contributed by atoms with E-state index >= 15 is 0 Å². The Morgan fingerprint density at radius 3 is 2.59 bits per heavy atom. The van der Waals surface area contributed by atoms with Crippen molar-refractivity contribution in [3.8, 4) is 0 Å². The van der Waals surface area contributed by atoms with E-state index in [0.29, 0.717) is 43.6 Å². The first-order valence-electron chi connectivity index (χ1n) is 14.1. The molecule has 0 bridgehead atoms. The van der Waals surface area contributed by atoms with Crippen LogP contribution in [-0.2, 0) is 27.3 Å². The second-order valence-electron chi connectivity index (χ2n) is 10.4. The normalized spacial score (nSPS) is 16.9. The Kier molecular flexibility index (Phi) is 9.94. The summed E-state index contributed by atoms with van der Waals surface area (Å²) in [5.41, 5.74) is 2.45. The number of nitrogens with one attached hydrogen (secondary N) is 2. The van der Waals surface area contributed by atoms with E-state index in [0.717, 1.165) is 17.5 Å². The fourth-order valence-electron chi connectivity index (χ4n) is 4.96. The number of ketones is 1. The Hall–Kier alpha value is -4.41. The zero-order chi connectivity index (χ0) is 29.4. The number of tetrazole rings is 1. The van der Waals surface area contributed by atoms with Crippen molar-refractivity contribution in [3.05, 3.63) is 77.1 Å². The molecule has 11 nitrogen and oxygen atoms in total. The van der Waals surface area contributed by atoms with Crippen molar-refractivity contribution < 1.29 is 19.2 Å². The Morgan fingerprint density at radius 1 is 1.07 bits per heavy atom. The van der Waals surface area contributed by atoms with E-state index in [1.54, 1.807) is 25.1 Å². The van der Waals surface area contributed by atoms with Gasteiger partial charge in [-0.3, -0.25) is 19.2 Å². The second kappa shape index (κ2) is 13.8. The number of Topliss-reactive ketones (excluding diaryl/α,β-unsaturated/α-hetero) is 1. The average molecular weight is 560 g/mol. The van der Waals surface area contributed by atoms with Crippen molar-refractivity contribution in [2.45, 2.75) is 77.5 Å². The van der Waals surface area contributed by atoms with Gasteiger partial charge in [-0.15, -0.1) is 5.10 Å². The van der Waals surface area contributed by atoms with E-state index in [1.165, 1.54) is 9.58 Å². The highest BCUT2D eigenvalue weighted by molar-refractivity contribution is 5.99. The Morgan fingerprint density at radius 2 is 1.85 bits per heavy atom. The van der Waals surface area contributed by atoms with E-state index in [2.05, 4.69) is 26.2 Å². The number of carbonyl (C=O) groups excluding carboxylic acids is 4. The van der Waals surface area contributed by atoms with Crippen LogP contribution in [0.1, 0.15) is 66.8 Å². The molecule has 1 aliphatic heterocycles. The number of carbonyl (C=O) groups is 4. The van der Waals surface area contributed by atoms with Gasteiger partial charge in [-0.05, 0) is 67.7 Å². The molecule has 2 heterocycles. The Balaban J connectivity index is 1.37. The Bertz CT molecular complexity index is 1370. The highest BCUT2D eigenvalue weighted by Gasteiger charge is 2.35. The highest BCUT2D eigenvalue weighted by atomic mass is 16.2. The molecule has 41 heavy (non-hydrogen) atoms. The molecule has 1 fully saturated rings. The van der Waals surface area contributed by atoms with Crippen LogP contribution in [0.5, 0.6) is 0 Å². The van der Waals surface area contributed by atoms with Gasteiger partial charge in [0.1, 0.15) is 18.6 Å². The lowest BCUT2D eigenvalue weighted by atomic mass is 10.1. The number of aryl methyl sites for hydroxylation is 1. The molecular formula is C30H37N7O4. The van der Waals surface area contributed by atoms with Crippen LogP contribution in [0.3, 0.4) is 0 Å². The zero-order valence-electron chi connectivity index (χ0n) is 23.7. The third kappa shape index (κ3) is 7.62. The third-order valence-corrected chi connectivity index (χ3v) is 7.39. The van der Waals surface area contributed by atoms with Crippen LogP contribution in [0.15, 0.2) is 54.6 Å². The van der Waals surface area contributed by atoms with Gasteiger partial charge >= 0.3 is 0 Å². The molecule has 2 aromatic carbocycles. The van der Waals surface area contributed by atoms with E-state index in [9.17, 15) is 19.2 Å². The van der Waals surface area contributed by atoms with Crippen LogP contribution < -0.4 is 10.6 Å². The minimum Gasteiger partial charge on any atom is -0.344 e. The van der Waals surface area contributed by atoms with Gasteiger partial charge in [0, 0.05) is 18.5 Å². The van der Waals surface area contributed by atoms with Crippen LogP contribution in [0.2, 0.25) is 0 Å². The van der Waals surface area contributed by atoms with Gasteiger partial charge in [0.05, 0.1) is 6.04 Å². The quantitative estimate of drug-likeness (QED) is 0.367. The smallest absolute Gasteiger partial charge is 0.251 e. The number of hydrogen-bond donors (Lipinski definition) is 2. The molecule has 2 unspecified atom stereocenters. The van der Waals surface area contributed by atoms with Crippen LogP contribution in [0.4, 0.5) is 0 Å². The second-order valence-corrected chi connectivity index (χ2v) is 10.4.